The number of carbonyl (C=O) groups excluding carboxylic acids is 1. The van der Waals surface area contributed by atoms with Crippen LogP contribution < -0.4 is 17.0 Å². The van der Waals surface area contributed by atoms with Gasteiger partial charge in [-0.1, -0.05) is 41.9 Å². The highest BCUT2D eigenvalue weighted by atomic mass is 35.5. The Morgan fingerprint density at radius 1 is 1.00 bits per heavy atom. The highest BCUT2D eigenvalue weighted by Crippen LogP contribution is 2.32. The number of benzene rings is 3. The van der Waals surface area contributed by atoms with Gasteiger partial charge in [0, 0.05) is 35.9 Å². The predicted octanol–water partition coefficient (Wildman–Crippen LogP) is 4.89. The molecule has 254 valence electrons. The van der Waals surface area contributed by atoms with E-state index in [1.165, 1.54) is 6.33 Å². The van der Waals surface area contributed by atoms with E-state index >= 15 is 0 Å². The number of hydrogen-bond donors (Lipinski definition) is 3. The minimum atomic E-state index is -0.343. The number of nitrogen functional groups attached to an aromatic ring is 1. The van der Waals surface area contributed by atoms with Crippen molar-refractivity contribution in [3.05, 3.63) is 105 Å². The van der Waals surface area contributed by atoms with E-state index in [4.69, 9.17) is 33.2 Å². The number of nitrogens with two attached hydrogens (primary N) is 2. The van der Waals surface area contributed by atoms with Gasteiger partial charge in [-0.2, -0.15) is 5.10 Å². The Balaban J connectivity index is 1.49. The Kier molecular flexibility index (Phi) is 10.1. The summed E-state index contributed by atoms with van der Waals surface area (Å²) in [6.07, 6.45) is 3.29. The average Bonchev–Trinajstić information content (AvgIpc) is 3.46. The topological polar surface area (TPSA) is 171 Å². The van der Waals surface area contributed by atoms with Crippen molar-refractivity contribution in [2.45, 2.75) is 44.8 Å². The molecule has 0 fully saturated rings. The number of amides is 1. The van der Waals surface area contributed by atoms with Gasteiger partial charge >= 0.3 is 0 Å². The fourth-order valence-electron chi connectivity index (χ4n) is 5.97. The molecule has 0 spiro atoms. The summed E-state index contributed by atoms with van der Waals surface area (Å²) in [5, 5.41) is 16.3. The lowest BCUT2D eigenvalue weighted by molar-refractivity contribution is -0.118. The number of phenols is 1. The quantitative estimate of drug-likeness (QED) is 0.127. The molecule has 5 N–H and O–H groups in total. The maximum Gasteiger partial charge on any atom is 0.262 e. The Hall–Kier alpha value is -5.77. The second-order valence-corrected chi connectivity index (χ2v) is 12.5. The summed E-state index contributed by atoms with van der Waals surface area (Å²) in [5.74, 6) is 6.84. The first-order valence-corrected chi connectivity index (χ1v) is 16.4. The number of fused-ring (bicyclic) bond motifs is 2. The van der Waals surface area contributed by atoms with Crippen LogP contribution in [0, 0.1) is 11.8 Å². The van der Waals surface area contributed by atoms with E-state index in [9.17, 15) is 14.7 Å². The number of rotatable bonds is 11. The molecule has 0 bridgehead atoms. The zero-order valence-corrected chi connectivity index (χ0v) is 28.4. The van der Waals surface area contributed by atoms with Gasteiger partial charge in [-0.25, -0.2) is 19.6 Å². The fraction of sp³-hybridized carbons (Fsp3) is 0.243. The minimum absolute atomic E-state index is 0.0821. The van der Waals surface area contributed by atoms with E-state index in [1.807, 2.05) is 55.4 Å². The van der Waals surface area contributed by atoms with Gasteiger partial charge in [-0.05, 0) is 68.0 Å². The van der Waals surface area contributed by atoms with E-state index in [0.717, 1.165) is 11.1 Å². The van der Waals surface area contributed by atoms with E-state index in [2.05, 4.69) is 21.8 Å². The molecule has 1 atom stereocenters. The smallest absolute Gasteiger partial charge is 0.262 e. The van der Waals surface area contributed by atoms with Crippen LogP contribution in [0.5, 0.6) is 5.75 Å². The summed E-state index contributed by atoms with van der Waals surface area (Å²) in [4.78, 5) is 41.7. The van der Waals surface area contributed by atoms with Crippen LogP contribution in [0.2, 0.25) is 5.02 Å². The van der Waals surface area contributed by atoms with Gasteiger partial charge in [0.05, 0.1) is 22.8 Å². The lowest BCUT2D eigenvalue weighted by atomic mass is 9.98. The number of aromatic nitrogens is 6. The van der Waals surface area contributed by atoms with Crippen molar-refractivity contribution in [2.75, 3.05) is 19.8 Å². The maximum absolute atomic E-state index is 14.7. The van der Waals surface area contributed by atoms with Crippen molar-refractivity contribution in [1.29, 1.82) is 0 Å². The van der Waals surface area contributed by atoms with Crippen LogP contribution in [-0.2, 0) is 17.9 Å². The molecule has 0 aliphatic heterocycles. The molecule has 12 nitrogen and oxygen atoms in total. The van der Waals surface area contributed by atoms with Crippen LogP contribution in [-0.4, -0.2) is 59.3 Å². The van der Waals surface area contributed by atoms with Crippen molar-refractivity contribution in [2.24, 2.45) is 5.73 Å². The molecule has 1 unspecified atom stereocenters. The standard InChI is InChI=1S/C37H36ClN9O3/c1-45(2)29(14-5-3-4-6-15-30(39)49)26-11-9-13-28-32(26)37(50)46(20-24-10-7-8-12-27(24)38)31(43-28)21-47-36-33(35(40)41-22-42-36)34(44-47)23-16-18-25(48)19-17-23/h7-13,16-19,22,29,48H,4,6,14-15,20-21H2,1-2H3,(H2,39,49)(H2,40,41,42). The van der Waals surface area contributed by atoms with Crippen molar-refractivity contribution in [1.82, 2.24) is 34.2 Å². The average molecular weight is 690 g/mol. The highest BCUT2D eigenvalue weighted by Gasteiger charge is 2.23. The zero-order chi connectivity index (χ0) is 35.4. The molecular weight excluding hydrogens is 654 g/mol. The van der Waals surface area contributed by atoms with Crippen LogP contribution in [0.1, 0.15) is 48.7 Å². The first kappa shape index (κ1) is 34.1. The van der Waals surface area contributed by atoms with E-state index in [1.54, 1.807) is 39.6 Å². The van der Waals surface area contributed by atoms with Crippen LogP contribution in [0.3, 0.4) is 0 Å². The lowest BCUT2D eigenvalue weighted by Gasteiger charge is -2.24. The number of nitrogens with zero attached hydrogens (tertiary/aromatic N) is 7. The number of carbonyl (C=O) groups is 1. The third kappa shape index (κ3) is 7.15. The largest absolute Gasteiger partial charge is 0.508 e. The highest BCUT2D eigenvalue weighted by molar-refractivity contribution is 6.31. The van der Waals surface area contributed by atoms with E-state index in [-0.39, 0.29) is 42.2 Å². The Bertz CT molecular complexity index is 2320. The van der Waals surface area contributed by atoms with Crippen molar-refractivity contribution in [3.63, 3.8) is 0 Å². The number of unbranched alkanes of at least 4 members (excludes halogenated alkanes) is 1. The Morgan fingerprint density at radius 3 is 2.52 bits per heavy atom. The van der Waals surface area contributed by atoms with Crippen LogP contribution in [0.25, 0.3) is 33.2 Å². The van der Waals surface area contributed by atoms with Gasteiger partial charge < -0.3 is 21.5 Å². The molecular formula is C37H36ClN9O3. The van der Waals surface area contributed by atoms with Crippen LogP contribution in [0.15, 0.2) is 77.9 Å². The Labute approximate surface area is 293 Å². The maximum atomic E-state index is 14.7. The first-order chi connectivity index (χ1) is 24.1. The summed E-state index contributed by atoms with van der Waals surface area (Å²) in [6, 6.07) is 19.5. The van der Waals surface area contributed by atoms with Crippen molar-refractivity contribution in [3.8, 4) is 28.8 Å². The van der Waals surface area contributed by atoms with Crippen molar-refractivity contribution < 1.29 is 9.90 Å². The molecule has 0 aliphatic rings. The van der Waals surface area contributed by atoms with Gasteiger partial charge in [0.25, 0.3) is 5.56 Å². The van der Waals surface area contributed by atoms with Crippen LogP contribution >= 0.6 is 11.6 Å². The van der Waals surface area contributed by atoms with Crippen molar-refractivity contribution >= 4 is 45.3 Å². The molecule has 0 saturated carbocycles. The van der Waals surface area contributed by atoms with Crippen LogP contribution in [0.4, 0.5) is 5.82 Å². The third-order valence-electron chi connectivity index (χ3n) is 8.50. The number of halogens is 1. The number of hydrogen-bond acceptors (Lipinski definition) is 9. The number of phenolic OH excluding ortho intramolecular Hbond substituents is 1. The molecule has 6 rings (SSSR count). The lowest BCUT2D eigenvalue weighted by Crippen LogP contribution is -2.30. The summed E-state index contributed by atoms with van der Waals surface area (Å²) < 4.78 is 3.29. The zero-order valence-electron chi connectivity index (χ0n) is 27.7. The summed E-state index contributed by atoms with van der Waals surface area (Å²) >= 11 is 6.62. The summed E-state index contributed by atoms with van der Waals surface area (Å²) in [6.45, 7) is 0.247. The molecule has 0 saturated heterocycles. The molecule has 13 heteroatoms. The van der Waals surface area contributed by atoms with Gasteiger partial charge in [-0.3, -0.25) is 14.2 Å². The van der Waals surface area contributed by atoms with E-state index in [0.29, 0.717) is 69.7 Å². The number of aromatic hydroxyl groups is 1. The third-order valence-corrected chi connectivity index (χ3v) is 8.87. The molecule has 50 heavy (non-hydrogen) atoms. The summed E-state index contributed by atoms with van der Waals surface area (Å²) in [5.41, 5.74) is 15.2. The Morgan fingerprint density at radius 2 is 1.78 bits per heavy atom. The second kappa shape index (κ2) is 14.8. The van der Waals surface area contributed by atoms with Gasteiger partial charge in [-0.15, -0.1) is 11.8 Å². The van der Waals surface area contributed by atoms with Gasteiger partial charge in [0.15, 0.2) is 5.65 Å². The molecule has 6 aromatic rings. The molecule has 0 radical (unpaired) electrons. The molecule has 3 heterocycles. The molecule has 0 aliphatic carbocycles. The summed E-state index contributed by atoms with van der Waals surface area (Å²) in [7, 11) is 3.90. The van der Waals surface area contributed by atoms with E-state index < -0.39 is 0 Å². The first-order valence-electron chi connectivity index (χ1n) is 16.0. The van der Waals surface area contributed by atoms with Gasteiger partial charge in [0.1, 0.15) is 36.0 Å². The number of anilines is 1. The second-order valence-electron chi connectivity index (χ2n) is 12.1. The molecule has 3 aromatic carbocycles. The fourth-order valence-corrected chi connectivity index (χ4v) is 6.16. The minimum Gasteiger partial charge on any atom is -0.508 e. The number of primary amides is 1. The monoisotopic (exact) mass is 689 g/mol. The normalized spacial score (nSPS) is 11.9. The molecule has 1 amide bonds. The van der Waals surface area contributed by atoms with Gasteiger partial charge in [0.2, 0.25) is 5.91 Å². The SMILES string of the molecule is CN(C)C(CC#CCCCC(N)=O)c1cccc2nc(Cn3nc(-c4ccc(O)cc4)c4c(N)ncnc43)n(Cc3ccccc3Cl)c(=O)c12. The predicted molar refractivity (Wildman–Crippen MR) is 194 cm³/mol. The molecule has 3 aromatic heterocycles.